The smallest absolute Gasteiger partial charge is 0.324 e. The molecule has 4 rings (SSSR count). The van der Waals surface area contributed by atoms with Crippen LogP contribution in [0.5, 0.6) is 0 Å². The second kappa shape index (κ2) is 10.0. The molecular weight excluding hydrogens is 418 g/mol. The lowest BCUT2D eigenvalue weighted by Crippen LogP contribution is -2.40. The first-order chi connectivity index (χ1) is 15.9. The molecule has 1 unspecified atom stereocenters. The lowest BCUT2D eigenvalue weighted by Gasteiger charge is -2.33. The fraction of sp³-hybridized carbons (Fsp3) is 0.440. The van der Waals surface area contributed by atoms with E-state index in [1.165, 1.54) is 10.5 Å². The number of aromatic nitrogens is 1. The van der Waals surface area contributed by atoms with Crippen molar-refractivity contribution in [3.05, 3.63) is 53.3 Å². The molecule has 2 saturated heterocycles. The number of hydrogen-bond acceptors (Lipinski definition) is 5. The summed E-state index contributed by atoms with van der Waals surface area (Å²) in [5.41, 5.74) is 5.19. The van der Waals surface area contributed by atoms with Crippen molar-refractivity contribution in [3.63, 3.8) is 0 Å². The molecule has 1 aromatic carbocycles. The second-order valence-electron chi connectivity index (χ2n) is 8.90. The Labute approximate surface area is 194 Å². The lowest BCUT2D eigenvalue weighted by atomic mass is 9.93. The molecule has 2 aliphatic rings. The summed E-state index contributed by atoms with van der Waals surface area (Å²) in [6, 6.07) is 12.0. The van der Waals surface area contributed by atoms with Gasteiger partial charge >= 0.3 is 6.03 Å². The summed E-state index contributed by atoms with van der Waals surface area (Å²) in [4.78, 5) is 44.0. The van der Waals surface area contributed by atoms with Crippen LogP contribution >= 0.6 is 0 Å². The predicted molar refractivity (Wildman–Crippen MR) is 126 cm³/mol. The van der Waals surface area contributed by atoms with Gasteiger partial charge in [0.2, 0.25) is 11.8 Å². The number of rotatable bonds is 7. The van der Waals surface area contributed by atoms with E-state index < -0.39 is 0 Å². The van der Waals surface area contributed by atoms with Crippen LogP contribution in [0.2, 0.25) is 0 Å². The molecule has 2 fully saturated rings. The monoisotopic (exact) mass is 449 g/mol. The third-order valence-corrected chi connectivity index (χ3v) is 6.22. The molecular formula is C25H31N5O3. The van der Waals surface area contributed by atoms with Gasteiger partial charge in [0.15, 0.2) is 0 Å². The number of hydrogen-bond donors (Lipinski definition) is 2. The van der Waals surface area contributed by atoms with Gasteiger partial charge in [-0.25, -0.2) is 4.79 Å². The molecule has 0 aliphatic carbocycles. The van der Waals surface area contributed by atoms with Gasteiger partial charge in [-0.2, -0.15) is 0 Å². The Hall–Kier alpha value is -3.42. The number of carbonyl (C=O) groups excluding carboxylic acids is 3. The number of nitrogens with zero attached hydrogens (tertiary/aromatic N) is 3. The van der Waals surface area contributed by atoms with Crippen molar-refractivity contribution in [1.29, 1.82) is 0 Å². The van der Waals surface area contributed by atoms with Gasteiger partial charge in [0.05, 0.1) is 6.54 Å². The van der Waals surface area contributed by atoms with E-state index in [0.717, 1.165) is 42.1 Å². The highest BCUT2D eigenvalue weighted by molar-refractivity contribution is 6.01. The Kier molecular flexibility index (Phi) is 6.91. The molecule has 8 nitrogen and oxygen atoms in total. The number of likely N-dealkylation sites (tertiary alicyclic amines) is 1. The average Bonchev–Trinajstić information content (AvgIpc) is 3.12. The molecule has 174 valence electrons. The molecule has 0 spiro atoms. The van der Waals surface area contributed by atoms with E-state index in [0.29, 0.717) is 19.4 Å². The lowest BCUT2D eigenvalue weighted by molar-refractivity contribution is -0.133. The van der Waals surface area contributed by atoms with E-state index in [2.05, 4.69) is 47.9 Å². The minimum Gasteiger partial charge on any atom is -0.355 e. The van der Waals surface area contributed by atoms with Gasteiger partial charge in [-0.15, -0.1) is 0 Å². The molecule has 0 radical (unpaired) electrons. The van der Waals surface area contributed by atoms with Gasteiger partial charge in [0.25, 0.3) is 0 Å². The van der Waals surface area contributed by atoms with E-state index in [1.54, 1.807) is 0 Å². The number of urea groups is 1. The number of nitrogens with one attached hydrogen (secondary N) is 2. The molecule has 33 heavy (non-hydrogen) atoms. The molecule has 3 heterocycles. The van der Waals surface area contributed by atoms with Crippen LogP contribution in [0.4, 0.5) is 16.2 Å². The molecule has 2 N–H and O–H groups in total. The summed E-state index contributed by atoms with van der Waals surface area (Å²) in [7, 11) is 0. The Morgan fingerprint density at radius 1 is 1.15 bits per heavy atom. The van der Waals surface area contributed by atoms with Crippen LogP contribution in [0.15, 0.2) is 36.4 Å². The van der Waals surface area contributed by atoms with E-state index in [9.17, 15) is 14.4 Å². The number of imide groups is 1. The molecule has 1 aromatic heterocycles. The van der Waals surface area contributed by atoms with E-state index >= 15 is 0 Å². The Balaban J connectivity index is 1.36. The van der Waals surface area contributed by atoms with Crippen molar-refractivity contribution in [1.82, 2.24) is 20.1 Å². The van der Waals surface area contributed by atoms with Crippen LogP contribution in [0.3, 0.4) is 0 Å². The first-order valence-corrected chi connectivity index (χ1v) is 11.6. The standard InChI is InChI=1S/C25H31N5O3/c1-17-7-9-20(10-8-17)28-21-13-18(2)27-22(14-21)19-5-3-11-29(16-19)23(31)6-4-12-30-24(32)15-26-25(30)33/h7-10,13-14,19H,3-6,11-12,15-16H2,1-2H3,(H,26,33)(H,27,28). The molecule has 1 atom stereocenters. The van der Waals surface area contributed by atoms with Crippen LogP contribution in [-0.4, -0.2) is 58.8 Å². The summed E-state index contributed by atoms with van der Waals surface area (Å²) in [5, 5.41) is 5.96. The maximum atomic E-state index is 12.8. The predicted octanol–water partition coefficient (Wildman–Crippen LogP) is 3.48. The third-order valence-electron chi connectivity index (χ3n) is 6.22. The SMILES string of the molecule is Cc1ccc(Nc2cc(C)nc(C3CCCN(C(=O)CCCN4C(=O)CNC4=O)C3)c2)cc1. The number of pyridine rings is 1. The van der Waals surface area contributed by atoms with Gasteiger partial charge in [0, 0.05) is 54.7 Å². The van der Waals surface area contributed by atoms with Crippen molar-refractivity contribution in [2.75, 3.05) is 31.5 Å². The fourth-order valence-corrected chi connectivity index (χ4v) is 4.45. The zero-order valence-corrected chi connectivity index (χ0v) is 19.3. The molecule has 8 heteroatoms. The van der Waals surface area contributed by atoms with Gasteiger partial charge in [0.1, 0.15) is 0 Å². The number of carbonyl (C=O) groups is 3. The molecule has 0 bridgehead atoms. The van der Waals surface area contributed by atoms with Crippen LogP contribution < -0.4 is 10.6 Å². The first kappa shape index (κ1) is 22.8. The highest BCUT2D eigenvalue weighted by Gasteiger charge is 2.29. The largest absolute Gasteiger partial charge is 0.355 e. The maximum Gasteiger partial charge on any atom is 0.324 e. The van der Waals surface area contributed by atoms with Crippen molar-refractivity contribution in [3.8, 4) is 0 Å². The summed E-state index contributed by atoms with van der Waals surface area (Å²) >= 11 is 0. The van der Waals surface area contributed by atoms with Crippen LogP contribution in [0.25, 0.3) is 0 Å². The molecule has 2 aromatic rings. The Morgan fingerprint density at radius 3 is 2.67 bits per heavy atom. The second-order valence-corrected chi connectivity index (χ2v) is 8.90. The number of piperidine rings is 1. The van der Waals surface area contributed by atoms with Gasteiger partial charge < -0.3 is 15.5 Å². The zero-order chi connectivity index (χ0) is 23.4. The van der Waals surface area contributed by atoms with E-state index in [-0.39, 0.29) is 36.9 Å². The summed E-state index contributed by atoms with van der Waals surface area (Å²) in [6.07, 6.45) is 2.73. The average molecular weight is 450 g/mol. The van der Waals surface area contributed by atoms with Crippen molar-refractivity contribution in [2.24, 2.45) is 0 Å². The third kappa shape index (κ3) is 5.69. The van der Waals surface area contributed by atoms with Crippen molar-refractivity contribution < 1.29 is 14.4 Å². The minimum atomic E-state index is -0.369. The van der Waals surface area contributed by atoms with Crippen molar-refractivity contribution >= 4 is 29.2 Å². The van der Waals surface area contributed by atoms with Gasteiger partial charge in [-0.05, 0) is 57.4 Å². The van der Waals surface area contributed by atoms with Crippen LogP contribution in [0.1, 0.15) is 48.6 Å². The normalized spacial score (nSPS) is 18.4. The number of amides is 4. The van der Waals surface area contributed by atoms with Crippen LogP contribution in [0, 0.1) is 13.8 Å². The van der Waals surface area contributed by atoms with Crippen molar-refractivity contribution in [2.45, 2.75) is 45.4 Å². The first-order valence-electron chi connectivity index (χ1n) is 11.6. The number of benzene rings is 1. The highest BCUT2D eigenvalue weighted by atomic mass is 16.2. The molecule has 4 amide bonds. The summed E-state index contributed by atoms with van der Waals surface area (Å²) in [6.45, 7) is 5.76. The fourth-order valence-electron chi connectivity index (χ4n) is 4.45. The van der Waals surface area contributed by atoms with E-state index in [4.69, 9.17) is 4.98 Å². The minimum absolute atomic E-state index is 0.0465. The maximum absolute atomic E-state index is 12.8. The topological polar surface area (TPSA) is 94.6 Å². The van der Waals surface area contributed by atoms with Gasteiger partial charge in [-0.3, -0.25) is 19.5 Å². The summed E-state index contributed by atoms with van der Waals surface area (Å²) < 4.78 is 0. The summed E-state index contributed by atoms with van der Waals surface area (Å²) in [5.74, 6) is 0.0237. The van der Waals surface area contributed by atoms with Gasteiger partial charge in [-0.1, -0.05) is 17.7 Å². The Bertz CT molecular complexity index is 1020. The number of aryl methyl sites for hydroxylation is 2. The molecule has 2 aliphatic heterocycles. The van der Waals surface area contributed by atoms with Crippen LogP contribution in [-0.2, 0) is 9.59 Å². The number of anilines is 2. The van der Waals surface area contributed by atoms with E-state index in [1.807, 2.05) is 17.9 Å². The highest BCUT2D eigenvalue weighted by Crippen LogP contribution is 2.29. The molecule has 0 saturated carbocycles. The Morgan fingerprint density at radius 2 is 1.94 bits per heavy atom. The zero-order valence-electron chi connectivity index (χ0n) is 19.3. The quantitative estimate of drug-likeness (QED) is 0.631.